The van der Waals surface area contributed by atoms with E-state index in [0.29, 0.717) is 0 Å². The molecule has 0 aromatic carbocycles. The average molecular weight is 205 g/mol. The van der Waals surface area contributed by atoms with Crippen molar-refractivity contribution in [1.29, 1.82) is 0 Å². The summed E-state index contributed by atoms with van der Waals surface area (Å²) in [7, 11) is 3.83. The van der Waals surface area contributed by atoms with Crippen LogP contribution in [-0.2, 0) is 13.6 Å². The van der Waals surface area contributed by atoms with Gasteiger partial charge in [-0.05, 0) is 26.1 Å². The standard InChI is InChI=1S/C11H15N3O/c1-8-10(7-13-14(8)3)11-5-4-9(15-11)6-12-2/h4-5,7,12H,6H2,1-3H3. The second-order valence-electron chi connectivity index (χ2n) is 3.56. The summed E-state index contributed by atoms with van der Waals surface area (Å²) in [5.41, 5.74) is 2.17. The second kappa shape index (κ2) is 3.90. The molecule has 0 fully saturated rings. The molecule has 2 heterocycles. The van der Waals surface area contributed by atoms with Crippen LogP contribution in [0.4, 0.5) is 0 Å². The van der Waals surface area contributed by atoms with Crippen molar-refractivity contribution >= 4 is 0 Å². The average Bonchev–Trinajstić information content (AvgIpc) is 2.77. The van der Waals surface area contributed by atoms with Gasteiger partial charge in [0.15, 0.2) is 0 Å². The van der Waals surface area contributed by atoms with Crippen LogP contribution in [0.1, 0.15) is 11.5 Å². The van der Waals surface area contributed by atoms with Crippen LogP contribution in [-0.4, -0.2) is 16.8 Å². The fraction of sp³-hybridized carbons (Fsp3) is 0.364. The van der Waals surface area contributed by atoms with Gasteiger partial charge in [-0.3, -0.25) is 4.68 Å². The van der Waals surface area contributed by atoms with Crippen molar-refractivity contribution < 1.29 is 4.42 Å². The maximum atomic E-state index is 5.69. The molecule has 0 saturated carbocycles. The molecule has 0 unspecified atom stereocenters. The Morgan fingerprint density at radius 2 is 2.27 bits per heavy atom. The molecule has 0 spiro atoms. The van der Waals surface area contributed by atoms with Gasteiger partial charge < -0.3 is 9.73 Å². The number of hydrogen-bond donors (Lipinski definition) is 1. The number of aryl methyl sites for hydroxylation is 1. The predicted octanol–water partition coefficient (Wildman–Crippen LogP) is 1.71. The van der Waals surface area contributed by atoms with Crippen molar-refractivity contribution in [3.63, 3.8) is 0 Å². The van der Waals surface area contributed by atoms with Gasteiger partial charge >= 0.3 is 0 Å². The minimum absolute atomic E-state index is 0.749. The van der Waals surface area contributed by atoms with Crippen LogP contribution in [0.25, 0.3) is 11.3 Å². The zero-order valence-corrected chi connectivity index (χ0v) is 9.24. The predicted molar refractivity (Wildman–Crippen MR) is 58.4 cm³/mol. The molecule has 0 saturated heterocycles. The van der Waals surface area contributed by atoms with E-state index in [1.807, 2.05) is 44.0 Å². The molecule has 0 aliphatic heterocycles. The van der Waals surface area contributed by atoms with Gasteiger partial charge in [0.2, 0.25) is 0 Å². The van der Waals surface area contributed by atoms with E-state index < -0.39 is 0 Å². The third kappa shape index (κ3) is 1.80. The van der Waals surface area contributed by atoms with Crippen LogP contribution in [0.2, 0.25) is 0 Å². The van der Waals surface area contributed by atoms with E-state index in [9.17, 15) is 0 Å². The first-order valence-electron chi connectivity index (χ1n) is 4.94. The van der Waals surface area contributed by atoms with Crippen molar-refractivity contribution in [2.75, 3.05) is 7.05 Å². The number of nitrogens with zero attached hydrogens (tertiary/aromatic N) is 2. The summed E-state index contributed by atoms with van der Waals surface area (Å²) in [5, 5.41) is 7.24. The van der Waals surface area contributed by atoms with Crippen molar-refractivity contribution in [1.82, 2.24) is 15.1 Å². The summed E-state index contributed by atoms with van der Waals surface area (Å²) in [4.78, 5) is 0. The molecule has 1 N–H and O–H groups in total. The maximum Gasteiger partial charge on any atom is 0.137 e. The van der Waals surface area contributed by atoms with Crippen molar-refractivity contribution in [2.24, 2.45) is 7.05 Å². The third-order valence-electron chi connectivity index (χ3n) is 2.51. The van der Waals surface area contributed by atoms with E-state index in [4.69, 9.17) is 4.42 Å². The first-order chi connectivity index (χ1) is 7.22. The zero-order chi connectivity index (χ0) is 10.8. The molecule has 2 rings (SSSR count). The molecule has 0 aliphatic rings. The highest BCUT2D eigenvalue weighted by Crippen LogP contribution is 2.24. The Kier molecular flexibility index (Phi) is 2.60. The topological polar surface area (TPSA) is 43.0 Å². The van der Waals surface area contributed by atoms with Gasteiger partial charge in [-0.1, -0.05) is 0 Å². The van der Waals surface area contributed by atoms with Crippen molar-refractivity contribution in [2.45, 2.75) is 13.5 Å². The highest BCUT2D eigenvalue weighted by Gasteiger charge is 2.10. The summed E-state index contributed by atoms with van der Waals surface area (Å²) < 4.78 is 7.53. The monoisotopic (exact) mass is 205 g/mol. The first kappa shape index (κ1) is 9.98. The molecule has 0 bridgehead atoms. The first-order valence-corrected chi connectivity index (χ1v) is 4.94. The number of furan rings is 1. The Hall–Kier alpha value is -1.55. The van der Waals surface area contributed by atoms with Crippen LogP contribution in [0.3, 0.4) is 0 Å². The molecule has 4 heteroatoms. The Bertz CT molecular complexity index is 456. The van der Waals surface area contributed by atoms with Gasteiger partial charge in [0.1, 0.15) is 11.5 Å². The van der Waals surface area contributed by atoms with E-state index in [0.717, 1.165) is 29.3 Å². The van der Waals surface area contributed by atoms with E-state index in [-0.39, 0.29) is 0 Å². The van der Waals surface area contributed by atoms with Crippen LogP contribution >= 0.6 is 0 Å². The lowest BCUT2D eigenvalue weighted by atomic mass is 10.2. The minimum Gasteiger partial charge on any atom is -0.460 e. The van der Waals surface area contributed by atoms with Crippen LogP contribution in [0.15, 0.2) is 22.7 Å². The molecule has 0 amide bonds. The lowest BCUT2D eigenvalue weighted by Gasteiger charge is -1.97. The number of hydrogen-bond acceptors (Lipinski definition) is 3. The lowest BCUT2D eigenvalue weighted by molar-refractivity contribution is 0.507. The van der Waals surface area contributed by atoms with Crippen molar-refractivity contribution in [3.8, 4) is 11.3 Å². The largest absolute Gasteiger partial charge is 0.460 e. The molecular weight excluding hydrogens is 190 g/mol. The molecule has 0 radical (unpaired) electrons. The quantitative estimate of drug-likeness (QED) is 0.829. The normalized spacial score (nSPS) is 10.9. The Morgan fingerprint density at radius 3 is 2.87 bits per heavy atom. The summed E-state index contributed by atoms with van der Waals surface area (Å²) >= 11 is 0. The van der Waals surface area contributed by atoms with Gasteiger partial charge in [-0.15, -0.1) is 0 Å². The SMILES string of the molecule is CNCc1ccc(-c2cnn(C)c2C)o1. The maximum absolute atomic E-state index is 5.69. The molecule has 4 nitrogen and oxygen atoms in total. The lowest BCUT2D eigenvalue weighted by Crippen LogP contribution is -2.03. The second-order valence-corrected chi connectivity index (χ2v) is 3.56. The Morgan fingerprint density at radius 1 is 1.47 bits per heavy atom. The highest BCUT2D eigenvalue weighted by molar-refractivity contribution is 5.59. The van der Waals surface area contributed by atoms with Crippen molar-refractivity contribution in [3.05, 3.63) is 29.8 Å². The molecule has 15 heavy (non-hydrogen) atoms. The van der Waals surface area contributed by atoms with Crippen LogP contribution < -0.4 is 5.32 Å². The van der Waals surface area contributed by atoms with E-state index in [1.165, 1.54) is 0 Å². The fourth-order valence-electron chi connectivity index (χ4n) is 1.53. The van der Waals surface area contributed by atoms with Crippen LogP contribution in [0, 0.1) is 6.92 Å². The van der Waals surface area contributed by atoms with Gasteiger partial charge in [0.05, 0.1) is 18.3 Å². The summed E-state index contributed by atoms with van der Waals surface area (Å²) in [6.07, 6.45) is 1.83. The Labute approximate surface area is 88.9 Å². The number of rotatable bonds is 3. The van der Waals surface area contributed by atoms with E-state index >= 15 is 0 Å². The molecule has 2 aromatic heterocycles. The molecule has 0 aliphatic carbocycles. The van der Waals surface area contributed by atoms with E-state index in [1.54, 1.807) is 0 Å². The van der Waals surface area contributed by atoms with Gasteiger partial charge in [0.25, 0.3) is 0 Å². The smallest absolute Gasteiger partial charge is 0.137 e. The summed E-state index contributed by atoms with van der Waals surface area (Å²) in [6.45, 7) is 2.78. The third-order valence-corrected chi connectivity index (χ3v) is 2.51. The summed E-state index contributed by atoms with van der Waals surface area (Å²) in [6, 6.07) is 3.97. The molecular formula is C11H15N3O. The summed E-state index contributed by atoms with van der Waals surface area (Å²) in [5.74, 6) is 1.82. The van der Waals surface area contributed by atoms with Gasteiger partial charge in [-0.2, -0.15) is 5.10 Å². The zero-order valence-electron chi connectivity index (χ0n) is 9.24. The van der Waals surface area contributed by atoms with Crippen LogP contribution in [0.5, 0.6) is 0 Å². The van der Waals surface area contributed by atoms with E-state index in [2.05, 4.69) is 10.4 Å². The highest BCUT2D eigenvalue weighted by atomic mass is 16.3. The minimum atomic E-state index is 0.749. The van der Waals surface area contributed by atoms with Gasteiger partial charge in [-0.25, -0.2) is 0 Å². The number of aromatic nitrogens is 2. The molecule has 0 atom stereocenters. The Balaban J connectivity index is 2.33. The van der Waals surface area contributed by atoms with Gasteiger partial charge in [0, 0.05) is 12.7 Å². The molecule has 2 aromatic rings. The molecule has 80 valence electrons. The fourth-order valence-corrected chi connectivity index (χ4v) is 1.53. The number of nitrogens with one attached hydrogen (secondary N) is 1.